The third-order valence-electron chi connectivity index (χ3n) is 4.83. The van der Waals surface area contributed by atoms with Crippen molar-refractivity contribution in [2.24, 2.45) is 0 Å². The maximum Gasteiger partial charge on any atom is 0.161 e. The average Bonchev–Trinajstić information content (AvgIpc) is 2.64. The summed E-state index contributed by atoms with van der Waals surface area (Å²) in [5.74, 6) is 1.40. The second-order valence-electron chi connectivity index (χ2n) is 7.26. The first kappa shape index (κ1) is 19.7. The van der Waals surface area contributed by atoms with Gasteiger partial charge in [-0.1, -0.05) is 36.4 Å². The molecular formula is C22H30N2O3. The van der Waals surface area contributed by atoms with Gasteiger partial charge in [-0.05, 0) is 49.8 Å². The molecule has 0 spiro atoms. The number of methoxy groups -OCH3 is 1. The third-order valence-corrected chi connectivity index (χ3v) is 4.83. The molecule has 1 unspecified atom stereocenters. The van der Waals surface area contributed by atoms with E-state index in [2.05, 4.69) is 28.0 Å². The fraction of sp³-hybridized carbons (Fsp3) is 0.455. The van der Waals surface area contributed by atoms with Crippen LogP contribution in [0.1, 0.15) is 17.5 Å². The van der Waals surface area contributed by atoms with Crippen LogP contribution in [0, 0.1) is 0 Å². The molecule has 0 bridgehead atoms. The number of likely N-dealkylation sites (N-methyl/N-ethyl adjacent to an activating group) is 1. The van der Waals surface area contributed by atoms with Crippen LogP contribution in [-0.4, -0.2) is 61.4 Å². The average molecular weight is 370 g/mol. The molecule has 1 N–H and O–H groups in total. The van der Waals surface area contributed by atoms with Crippen LogP contribution in [-0.2, 0) is 13.1 Å². The highest BCUT2D eigenvalue weighted by Crippen LogP contribution is 2.29. The molecule has 1 aliphatic rings. The van der Waals surface area contributed by atoms with Crippen LogP contribution in [0.3, 0.4) is 0 Å². The number of benzene rings is 2. The number of aliphatic hydroxyl groups excluding tert-OH is 1. The monoisotopic (exact) mass is 370 g/mol. The van der Waals surface area contributed by atoms with E-state index in [4.69, 9.17) is 9.47 Å². The van der Waals surface area contributed by atoms with Gasteiger partial charge in [0.15, 0.2) is 11.5 Å². The quantitative estimate of drug-likeness (QED) is 0.697. The van der Waals surface area contributed by atoms with Crippen molar-refractivity contribution in [3.8, 4) is 11.5 Å². The second-order valence-corrected chi connectivity index (χ2v) is 7.26. The number of hydrogen-bond donors (Lipinski definition) is 1. The van der Waals surface area contributed by atoms with Gasteiger partial charge in [0.2, 0.25) is 0 Å². The van der Waals surface area contributed by atoms with Gasteiger partial charge in [-0.25, -0.2) is 0 Å². The van der Waals surface area contributed by atoms with Crippen LogP contribution in [0.25, 0.3) is 0 Å². The fourth-order valence-electron chi connectivity index (χ4n) is 3.29. The third kappa shape index (κ3) is 5.96. The van der Waals surface area contributed by atoms with Gasteiger partial charge in [0.1, 0.15) is 12.7 Å². The van der Waals surface area contributed by atoms with E-state index in [1.165, 1.54) is 17.5 Å². The number of rotatable bonds is 10. The number of hydrogen-bond acceptors (Lipinski definition) is 5. The molecular weight excluding hydrogens is 340 g/mol. The summed E-state index contributed by atoms with van der Waals surface area (Å²) in [5.41, 5.74) is 2.44. The lowest BCUT2D eigenvalue weighted by Gasteiger charge is -2.30. The topological polar surface area (TPSA) is 45.2 Å². The molecule has 1 heterocycles. The first-order valence-corrected chi connectivity index (χ1v) is 9.56. The Bertz CT molecular complexity index is 704. The molecule has 3 rings (SSSR count). The first-order chi connectivity index (χ1) is 13.1. The van der Waals surface area contributed by atoms with Gasteiger partial charge in [0.25, 0.3) is 0 Å². The summed E-state index contributed by atoms with van der Waals surface area (Å²) < 4.78 is 11.3. The summed E-state index contributed by atoms with van der Waals surface area (Å²) in [6.07, 6.45) is 0.713. The van der Waals surface area contributed by atoms with E-state index in [-0.39, 0.29) is 6.61 Å². The lowest BCUT2D eigenvalue weighted by atomic mass is 10.1. The van der Waals surface area contributed by atoms with E-state index in [1.807, 2.05) is 37.4 Å². The van der Waals surface area contributed by atoms with Crippen molar-refractivity contribution in [3.05, 3.63) is 59.7 Å². The van der Waals surface area contributed by atoms with Gasteiger partial charge in [0.05, 0.1) is 7.11 Å². The normalized spacial score (nSPS) is 15.4. The number of nitrogens with zero attached hydrogens (tertiary/aromatic N) is 2. The Balaban J connectivity index is 1.50. The lowest BCUT2D eigenvalue weighted by Crippen LogP contribution is -2.36. The van der Waals surface area contributed by atoms with Gasteiger partial charge in [-0.2, -0.15) is 0 Å². The Labute approximate surface area is 162 Å². The molecule has 27 heavy (non-hydrogen) atoms. The molecule has 0 aliphatic carbocycles. The largest absolute Gasteiger partial charge is 0.493 e. The molecule has 1 aliphatic heterocycles. The second kappa shape index (κ2) is 9.74. The minimum atomic E-state index is -0.567. The molecule has 2 aromatic rings. The van der Waals surface area contributed by atoms with E-state index in [0.717, 1.165) is 26.2 Å². The van der Waals surface area contributed by atoms with E-state index < -0.39 is 6.10 Å². The van der Waals surface area contributed by atoms with E-state index in [1.54, 1.807) is 7.11 Å². The van der Waals surface area contributed by atoms with Crippen molar-refractivity contribution in [2.45, 2.75) is 25.6 Å². The fourth-order valence-corrected chi connectivity index (χ4v) is 3.29. The summed E-state index contributed by atoms with van der Waals surface area (Å²) in [5, 5.41) is 10.4. The van der Waals surface area contributed by atoms with Crippen LogP contribution in [0.2, 0.25) is 0 Å². The lowest BCUT2D eigenvalue weighted by molar-refractivity contribution is 0.0732. The highest BCUT2D eigenvalue weighted by molar-refractivity contribution is 5.43. The Kier molecular flexibility index (Phi) is 7.10. The molecule has 1 saturated heterocycles. The highest BCUT2D eigenvalue weighted by atomic mass is 16.5. The molecule has 0 radical (unpaired) electrons. The maximum absolute atomic E-state index is 10.4. The van der Waals surface area contributed by atoms with Crippen LogP contribution in [0.5, 0.6) is 11.5 Å². The molecule has 0 saturated carbocycles. The molecule has 0 aromatic heterocycles. The Morgan fingerprint density at radius 2 is 1.85 bits per heavy atom. The molecule has 0 amide bonds. The van der Waals surface area contributed by atoms with Gasteiger partial charge in [-0.3, -0.25) is 9.80 Å². The maximum atomic E-state index is 10.4. The van der Waals surface area contributed by atoms with Crippen LogP contribution < -0.4 is 9.47 Å². The summed E-state index contributed by atoms with van der Waals surface area (Å²) in [7, 11) is 3.64. The molecule has 2 aromatic carbocycles. The van der Waals surface area contributed by atoms with Crippen LogP contribution >= 0.6 is 0 Å². The first-order valence-electron chi connectivity index (χ1n) is 9.56. The zero-order valence-electron chi connectivity index (χ0n) is 16.3. The number of aliphatic hydroxyl groups is 1. The van der Waals surface area contributed by atoms with Crippen molar-refractivity contribution >= 4 is 0 Å². The summed E-state index contributed by atoms with van der Waals surface area (Å²) >= 11 is 0. The minimum Gasteiger partial charge on any atom is -0.493 e. The molecule has 5 heteroatoms. The zero-order chi connectivity index (χ0) is 19.1. The Morgan fingerprint density at radius 3 is 2.52 bits per heavy atom. The standard InChI is InChI=1S/C22H30N2O3/c1-23(14-18-7-4-3-5-8-18)16-20(25)17-27-22-13-19(9-10-21(22)26-2)15-24-11-6-12-24/h3-5,7-10,13,20,25H,6,11-12,14-17H2,1-2H3. The van der Waals surface area contributed by atoms with Crippen molar-refractivity contribution < 1.29 is 14.6 Å². The SMILES string of the molecule is COc1ccc(CN2CCC2)cc1OCC(O)CN(C)Cc1ccccc1. The minimum absolute atomic E-state index is 0.239. The van der Waals surface area contributed by atoms with Gasteiger partial charge >= 0.3 is 0 Å². The summed E-state index contributed by atoms with van der Waals surface area (Å²) in [6, 6.07) is 16.3. The van der Waals surface area contributed by atoms with E-state index >= 15 is 0 Å². The molecule has 1 atom stereocenters. The van der Waals surface area contributed by atoms with Crippen LogP contribution in [0.15, 0.2) is 48.5 Å². The predicted octanol–water partition coefficient (Wildman–Crippen LogP) is 2.77. The predicted molar refractivity (Wildman–Crippen MR) is 107 cm³/mol. The number of likely N-dealkylation sites (tertiary alicyclic amines) is 1. The summed E-state index contributed by atoms with van der Waals surface area (Å²) in [4.78, 5) is 4.50. The smallest absolute Gasteiger partial charge is 0.161 e. The van der Waals surface area contributed by atoms with E-state index in [0.29, 0.717) is 18.0 Å². The Hall–Kier alpha value is -2.08. The van der Waals surface area contributed by atoms with Gasteiger partial charge in [0, 0.05) is 19.6 Å². The zero-order valence-corrected chi connectivity index (χ0v) is 16.3. The van der Waals surface area contributed by atoms with Crippen molar-refractivity contribution in [1.82, 2.24) is 9.80 Å². The Morgan fingerprint density at radius 1 is 1.07 bits per heavy atom. The summed E-state index contributed by atoms with van der Waals surface area (Å²) in [6.45, 7) is 4.84. The van der Waals surface area contributed by atoms with Crippen LogP contribution in [0.4, 0.5) is 0 Å². The molecule has 1 fully saturated rings. The van der Waals surface area contributed by atoms with Crippen molar-refractivity contribution in [3.63, 3.8) is 0 Å². The molecule has 146 valence electrons. The van der Waals surface area contributed by atoms with Gasteiger partial charge in [-0.15, -0.1) is 0 Å². The number of ether oxygens (including phenoxy) is 2. The van der Waals surface area contributed by atoms with Crippen molar-refractivity contribution in [1.29, 1.82) is 0 Å². The van der Waals surface area contributed by atoms with E-state index in [9.17, 15) is 5.11 Å². The van der Waals surface area contributed by atoms with Crippen molar-refractivity contribution in [2.75, 3.05) is 40.4 Å². The highest BCUT2D eigenvalue weighted by Gasteiger charge is 2.16. The van der Waals surface area contributed by atoms with Gasteiger partial charge < -0.3 is 14.6 Å². The molecule has 5 nitrogen and oxygen atoms in total.